The van der Waals surface area contributed by atoms with Crippen molar-refractivity contribution in [2.45, 2.75) is 64.3 Å². The summed E-state index contributed by atoms with van der Waals surface area (Å²) >= 11 is 0. The van der Waals surface area contributed by atoms with Crippen molar-refractivity contribution in [3.05, 3.63) is 36.1 Å². The van der Waals surface area contributed by atoms with Gasteiger partial charge >= 0.3 is 6.09 Å². The minimum Gasteiger partial charge on any atom is -0.459 e. The van der Waals surface area contributed by atoms with Crippen LogP contribution in [-0.4, -0.2) is 23.8 Å². The number of hydrogen-bond acceptors (Lipinski definition) is 4. The van der Waals surface area contributed by atoms with E-state index in [0.717, 1.165) is 29.6 Å². The molecular formula is C19H26N2O3. The van der Waals surface area contributed by atoms with Crippen molar-refractivity contribution >= 4 is 17.1 Å². The molecule has 1 aliphatic rings. The van der Waals surface area contributed by atoms with Crippen LogP contribution in [0.5, 0.6) is 0 Å². The van der Waals surface area contributed by atoms with Crippen LogP contribution < -0.4 is 10.6 Å². The second-order valence-corrected chi connectivity index (χ2v) is 7.59. The smallest absolute Gasteiger partial charge is 0.407 e. The molecule has 1 atom stereocenters. The molecule has 24 heavy (non-hydrogen) atoms. The zero-order chi connectivity index (χ0) is 17.3. The van der Waals surface area contributed by atoms with Gasteiger partial charge in [0.15, 0.2) is 0 Å². The Labute approximate surface area is 142 Å². The Bertz CT molecular complexity index is 678. The fourth-order valence-electron chi connectivity index (χ4n) is 3.00. The molecule has 5 nitrogen and oxygen atoms in total. The molecule has 1 aromatic heterocycles. The molecule has 1 fully saturated rings. The van der Waals surface area contributed by atoms with Crippen LogP contribution in [0.15, 0.2) is 34.7 Å². The SMILES string of the molecule is CC(NC1CC(NC(=O)OC(C)(C)C)C1)c1cc2ccccc2o1. The van der Waals surface area contributed by atoms with Crippen LogP contribution in [0.1, 0.15) is 52.3 Å². The van der Waals surface area contributed by atoms with Gasteiger partial charge < -0.3 is 19.8 Å². The van der Waals surface area contributed by atoms with Gasteiger partial charge in [-0.25, -0.2) is 4.79 Å². The van der Waals surface area contributed by atoms with E-state index in [1.54, 1.807) is 0 Å². The fourth-order valence-corrected chi connectivity index (χ4v) is 3.00. The highest BCUT2D eigenvalue weighted by molar-refractivity contribution is 5.77. The van der Waals surface area contributed by atoms with Crippen molar-refractivity contribution in [2.75, 3.05) is 0 Å². The van der Waals surface area contributed by atoms with Gasteiger partial charge in [-0.2, -0.15) is 0 Å². The van der Waals surface area contributed by atoms with E-state index in [-0.39, 0.29) is 18.2 Å². The molecule has 1 saturated carbocycles. The molecule has 1 unspecified atom stereocenters. The first-order chi connectivity index (χ1) is 11.3. The van der Waals surface area contributed by atoms with Gasteiger partial charge in [0.1, 0.15) is 16.9 Å². The lowest BCUT2D eigenvalue weighted by molar-refractivity contribution is 0.0462. The molecule has 0 bridgehead atoms. The van der Waals surface area contributed by atoms with Gasteiger partial charge in [-0.3, -0.25) is 0 Å². The van der Waals surface area contributed by atoms with Crippen LogP contribution >= 0.6 is 0 Å². The summed E-state index contributed by atoms with van der Waals surface area (Å²) in [6.07, 6.45) is 1.48. The van der Waals surface area contributed by atoms with Crippen molar-refractivity contribution in [3.63, 3.8) is 0 Å². The number of amides is 1. The number of para-hydroxylation sites is 1. The second kappa shape index (κ2) is 6.48. The number of carbonyl (C=O) groups is 1. The van der Waals surface area contributed by atoms with E-state index in [1.165, 1.54) is 0 Å². The molecule has 130 valence electrons. The molecule has 1 aliphatic carbocycles. The standard InChI is InChI=1S/C19H26N2O3/c1-12(17-9-13-7-5-6-8-16(13)23-17)20-14-10-15(11-14)21-18(22)24-19(2,3)4/h5-9,12,14-15,20H,10-11H2,1-4H3,(H,21,22). The van der Waals surface area contributed by atoms with E-state index >= 15 is 0 Å². The maximum absolute atomic E-state index is 11.7. The average molecular weight is 330 g/mol. The summed E-state index contributed by atoms with van der Waals surface area (Å²) in [6.45, 7) is 7.71. The summed E-state index contributed by atoms with van der Waals surface area (Å²) in [4.78, 5) is 11.7. The van der Waals surface area contributed by atoms with Gasteiger partial charge in [0.2, 0.25) is 0 Å². The first kappa shape index (κ1) is 16.8. The average Bonchev–Trinajstić information content (AvgIpc) is 2.86. The van der Waals surface area contributed by atoms with Crippen molar-refractivity contribution < 1.29 is 13.9 Å². The fraction of sp³-hybridized carbons (Fsp3) is 0.526. The van der Waals surface area contributed by atoms with E-state index in [4.69, 9.17) is 9.15 Å². The predicted octanol–water partition coefficient (Wildman–Crippen LogP) is 4.14. The Balaban J connectivity index is 1.46. The normalized spacial score (nSPS) is 22.0. The van der Waals surface area contributed by atoms with Gasteiger partial charge in [0, 0.05) is 17.5 Å². The Morgan fingerprint density at radius 1 is 1.25 bits per heavy atom. The maximum Gasteiger partial charge on any atom is 0.407 e. The van der Waals surface area contributed by atoms with Crippen LogP contribution in [0.2, 0.25) is 0 Å². The number of hydrogen-bond donors (Lipinski definition) is 2. The molecule has 5 heteroatoms. The second-order valence-electron chi connectivity index (χ2n) is 7.59. The minimum absolute atomic E-state index is 0.143. The number of rotatable bonds is 4. The van der Waals surface area contributed by atoms with E-state index in [9.17, 15) is 4.79 Å². The molecule has 2 N–H and O–H groups in total. The van der Waals surface area contributed by atoms with Crippen LogP contribution in [0.25, 0.3) is 11.0 Å². The first-order valence-corrected chi connectivity index (χ1v) is 8.54. The molecular weight excluding hydrogens is 304 g/mol. The third-order valence-corrected chi connectivity index (χ3v) is 4.22. The number of furan rings is 1. The predicted molar refractivity (Wildman–Crippen MR) is 93.9 cm³/mol. The molecule has 0 radical (unpaired) electrons. The summed E-state index contributed by atoms with van der Waals surface area (Å²) in [5, 5.41) is 7.60. The number of nitrogens with one attached hydrogen (secondary N) is 2. The molecule has 3 rings (SSSR count). The topological polar surface area (TPSA) is 63.5 Å². The highest BCUT2D eigenvalue weighted by Crippen LogP contribution is 2.27. The highest BCUT2D eigenvalue weighted by atomic mass is 16.6. The van der Waals surface area contributed by atoms with E-state index < -0.39 is 5.60 Å². The monoisotopic (exact) mass is 330 g/mol. The molecule has 1 aromatic carbocycles. The van der Waals surface area contributed by atoms with Gasteiger partial charge in [0.05, 0.1) is 6.04 Å². The molecule has 0 saturated heterocycles. The zero-order valence-electron chi connectivity index (χ0n) is 14.8. The maximum atomic E-state index is 11.7. The van der Waals surface area contributed by atoms with Crippen LogP contribution in [0.4, 0.5) is 4.79 Å². The lowest BCUT2D eigenvalue weighted by Crippen LogP contribution is -2.53. The summed E-state index contributed by atoms with van der Waals surface area (Å²) in [7, 11) is 0. The van der Waals surface area contributed by atoms with E-state index in [1.807, 2.05) is 39.0 Å². The molecule has 1 heterocycles. The summed E-state index contributed by atoms with van der Waals surface area (Å²) < 4.78 is 11.2. The number of alkyl carbamates (subject to hydrolysis) is 1. The number of fused-ring (bicyclic) bond motifs is 1. The van der Waals surface area contributed by atoms with Gasteiger partial charge in [-0.15, -0.1) is 0 Å². The molecule has 1 amide bonds. The molecule has 0 spiro atoms. The van der Waals surface area contributed by atoms with Crippen LogP contribution in [0.3, 0.4) is 0 Å². The van der Waals surface area contributed by atoms with Crippen molar-refractivity contribution in [3.8, 4) is 0 Å². The van der Waals surface area contributed by atoms with E-state index in [0.29, 0.717) is 6.04 Å². The Hall–Kier alpha value is -2.01. The Morgan fingerprint density at radius 3 is 2.62 bits per heavy atom. The van der Waals surface area contributed by atoms with Crippen LogP contribution in [-0.2, 0) is 4.74 Å². The van der Waals surface area contributed by atoms with Gasteiger partial charge in [-0.1, -0.05) is 18.2 Å². The number of ether oxygens (including phenoxy) is 1. The molecule has 2 aromatic rings. The Morgan fingerprint density at radius 2 is 1.96 bits per heavy atom. The van der Waals surface area contributed by atoms with Crippen molar-refractivity contribution in [1.29, 1.82) is 0 Å². The molecule has 0 aliphatic heterocycles. The van der Waals surface area contributed by atoms with Gasteiger partial charge in [-0.05, 0) is 52.7 Å². The van der Waals surface area contributed by atoms with Crippen molar-refractivity contribution in [2.24, 2.45) is 0 Å². The summed E-state index contributed by atoms with van der Waals surface area (Å²) in [6, 6.07) is 10.8. The zero-order valence-corrected chi connectivity index (χ0v) is 14.8. The quantitative estimate of drug-likeness (QED) is 0.884. The largest absolute Gasteiger partial charge is 0.459 e. The van der Waals surface area contributed by atoms with E-state index in [2.05, 4.69) is 29.7 Å². The lowest BCUT2D eigenvalue weighted by atomic mass is 9.86. The number of benzene rings is 1. The Kier molecular flexibility index (Phi) is 4.54. The highest BCUT2D eigenvalue weighted by Gasteiger charge is 2.32. The van der Waals surface area contributed by atoms with Crippen LogP contribution in [0, 0.1) is 0 Å². The third kappa shape index (κ3) is 4.09. The number of carbonyl (C=O) groups excluding carboxylic acids is 1. The summed E-state index contributed by atoms with van der Waals surface area (Å²) in [5.41, 5.74) is 0.459. The lowest BCUT2D eigenvalue weighted by Gasteiger charge is -2.38. The van der Waals surface area contributed by atoms with Gasteiger partial charge in [0.25, 0.3) is 0 Å². The minimum atomic E-state index is -0.457. The third-order valence-electron chi connectivity index (χ3n) is 4.22. The first-order valence-electron chi connectivity index (χ1n) is 8.54. The van der Waals surface area contributed by atoms with Crippen molar-refractivity contribution in [1.82, 2.24) is 10.6 Å². The summed E-state index contributed by atoms with van der Waals surface area (Å²) in [5.74, 6) is 0.944.